The number of nitrogens with one attached hydrogen (secondary N) is 1. The highest BCUT2D eigenvalue weighted by Gasteiger charge is 2.15. The molecule has 17 heavy (non-hydrogen) atoms. The Bertz CT molecular complexity index is 443. The molecular weight excluding hydrogens is 222 g/mol. The summed E-state index contributed by atoms with van der Waals surface area (Å²) in [7, 11) is 0. The number of hydrogen-bond donors (Lipinski definition) is 3. The van der Waals surface area contributed by atoms with E-state index in [1.807, 2.05) is 6.92 Å². The molecule has 0 aliphatic carbocycles. The maximum absolute atomic E-state index is 11.3. The molecule has 0 aliphatic rings. The first-order chi connectivity index (χ1) is 8.06. The van der Waals surface area contributed by atoms with E-state index in [0.717, 1.165) is 12.8 Å². The van der Waals surface area contributed by atoms with Crippen molar-refractivity contribution in [3.05, 3.63) is 16.7 Å². The van der Waals surface area contributed by atoms with Crippen LogP contribution in [0.3, 0.4) is 0 Å². The largest absolute Gasteiger partial charge is 0.391 e. The third-order valence-corrected chi connectivity index (χ3v) is 2.30. The standard InChI is InChI=1S/C10H17N5O2/c1-2-3-4-15(5-7(11)16)9-8(12)10(17)14-6-13-9/h6H,2-5,12H2,1H3,(H2,11,16)(H,13,14,17). The number of nitrogens with zero attached hydrogens (tertiary/aromatic N) is 2. The zero-order valence-electron chi connectivity index (χ0n) is 9.77. The zero-order chi connectivity index (χ0) is 12.8. The Hall–Kier alpha value is -2.05. The van der Waals surface area contributed by atoms with Gasteiger partial charge >= 0.3 is 0 Å². The van der Waals surface area contributed by atoms with Crippen molar-refractivity contribution in [2.45, 2.75) is 19.8 Å². The molecule has 0 aromatic carbocycles. The van der Waals surface area contributed by atoms with E-state index in [1.54, 1.807) is 4.90 Å². The summed E-state index contributed by atoms with van der Waals surface area (Å²) in [5.41, 5.74) is 10.4. The fourth-order valence-electron chi connectivity index (χ4n) is 1.45. The van der Waals surface area contributed by atoms with Crippen molar-refractivity contribution in [3.8, 4) is 0 Å². The van der Waals surface area contributed by atoms with Crippen LogP contribution < -0.4 is 21.9 Å². The molecule has 0 spiro atoms. The van der Waals surface area contributed by atoms with Crippen LogP contribution in [0, 0.1) is 0 Å². The molecule has 0 fully saturated rings. The Labute approximate surface area is 98.8 Å². The molecule has 1 heterocycles. The van der Waals surface area contributed by atoms with Crippen molar-refractivity contribution >= 4 is 17.4 Å². The molecule has 0 atom stereocenters. The van der Waals surface area contributed by atoms with E-state index >= 15 is 0 Å². The van der Waals surface area contributed by atoms with Gasteiger partial charge in [0.25, 0.3) is 5.56 Å². The highest BCUT2D eigenvalue weighted by Crippen LogP contribution is 2.15. The molecule has 5 N–H and O–H groups in total. The van der Waals surface area contributed by atoms with Gasteiger partial charge in [-0.05, 0) is 6.42 Å². The minimum Gasteiger partial charge on any atom is -0.391 e. The quantitative estimate of drug-likeness (QED) is 0.615. The maximum Gasteiger partial charge on any atom is 0.276 e. The van der Waals surface area contributed by atoms with Crippen LogP contribution in [-0.4, -0.2) is 29.0 Å². The molecule has 0 aliphatic heterocycles. The number of aromatic amines is 1. The van der Waals surface area contributed by atoms with Gasteiger partial charge in [0.15, 0.2) is 5.82 Å². The van der Waals surface area contributed by atoms with Gasteiger partial charge in [0, 0.05) is 6.54 Å². The molecule has 0 saturated carbocycles. The number of carbonyl (C=O) groups excluding carboxylic acids is 1. The Morgan fingerprint density at radius 3 is 2.88 bits per heavy atom. The molecule has 1 amide bonds. The van der Waals surface area contributed by atoms with Crippen LogP contribution in [0.2, 0.25) is 0 Å². The first-order valence-electron chi connectivity index (χ1n) is 5.42. The Balaban J connectivity index is 2.98. The molecule has 1 aromatic heterocycles. The number of hydrogen-bond acceptors (Lipinski definition) is 5. The first-order valence-corrected chi connectivity index (χ1v) is 5.42. The number of primary amides is 1. The maximum atomic E-state index is 11.3. The summed E-state index contributed by atoms with van der Waals surface area (Å²) in [6.45, 7) is 2.61. The molecule has 7 heteroatoms. The van der Waals surface area contributed by atoms with E-state index in [4.69, 9.17) is 11.5 Å². The molecule has 0 radical (unpaired) electrons. The number of unbranched alkanes of at least 4 members (excludes halogenated alkanes) is 1. The smallest absolute Gasteiger partial charge is 0.276 e. The molecule has 0 bridgehead atoms. The van der Waals surface area contributed by atoms with Crippen molar-refractivity contribution in [1.29, 1.82) is 0 Å². The van der Waals surface area contributed by atoms with Crippen molar-refractivity contribution in [2.75, 3.05) is 23.7 Å². The van der Waals surface area contributed by atoms with Gasteiger partial charge in [-0.25, -0.2) is 4.98 Å². The topological polar surface area (TPSA) is 118 Å². The lowest BCUT2D eigenvalue weighted by Gasteiger charge is -2.22. The second-order valence-electron chi connectivity index (χ2n) is 3.71. The van der Waals surface area contributed by atoms with Gasteiger partial charge in [0.05, 0.1) is 12.9 Å². The van der Waals surface area contributed by atoms with Crippen molar-refractivity contribution < 1.29 is 4.79 Å². The zero-order valence-corrected chi connectivity index (χ0v) is 9.77. The van der Waals surface area contributed by atoms with Gasteiger partial charge in [-0.3, -0.25) is 9.59 Å². The van der Waals surface area contributed by atoms with E-state index in [1.165, 1.54) is 6.33 Å². The number of nitrogen functional groups attached to an aromatic ring is 1. The van der Waals surface area contributed by atoms with E-state index in [-0.39, 0.29) is 12.2 Å². The van der Waals surface area contributed by atoms with Gasteiger partial charge in [0.2, 0.25) is 5.91 Å². The van der Waals surface area contributed by atoms with Crippen molar-refractivity contribution in [2.24, 2.45) is 5.73 Å². The van der Waals surface area contributed by atoms with Gasteiger partial charge in [-0.15, -0.1) is 0 Å². The van der Waals surface area contributed by atoms with Gasteiger partial charge in [-0.1, -0.05) is 13.3 Å². The van der Waals surface area contributed by atoms with Crippen LogP contribution >= 0.6 is 0 Å². The Morgan fingerprint density at radius 2 is 2.29 bits per heavy atom. The van der Waals surface area contributed by atoms with Gasteiger partial charge in [0.1, 0.15) is 5.69 Å². The predicted molar refractivity (Wildman–Crippen MR) is 65.6 cm³/mol. The summed E-state index contributed by atoms with van der Waals surface area (Å²) in [4.78, 5) is 30.3. The molecule has 1 rings (SSSR count). The van der Waals surface area contributed by atoms with Crippen molar-refractivity contribution in [1.82, 2.24) is 9.97 Å². The summed E-state index contributed by atoms with van der Waals surface area (Å²) >= 11 is 0. The van der Waals surface area contributed by atoms with Gasteiger partial charge < -0.3 is 21.4 Å². The second-order valence-corrected chi connectivity index (χ2v) is 3.71. The van der Waals surface area contributed by atoms with E-state index in [0.29, 0.717) is 12.4 Å². The number of carbonyl (C=O) groups is 1. The fraction of sp³-hybridized carbons (Fsp3) is 0.500. The van der Waals surface area contributed by atoms with Crippen LogP contribution in [0.1, 0.15) is 19.8 Å². The summed E-state index contributed by atoms with van der Waals surface area (Å²) in [6, 6.07) is 0. The van der Waals surface area contributed by atoms with Crippen LogP contribution in [0.4, 0.5) is 11.5 Å². The minimum atomic E-state index is -0.484. The number of amides is 1. The van der Waals surface area contributed by atoms with Crippen molar-refractivity contribution in [3.63, 3.8) is 0 Å². The Morgan fingerprint density at radius 1 is 1.59 bits per heavy atom. The summed E-state index contributed by atoms with van der Waals surface area (Å²) in [5, 5.41) is 0. The van der Waals surface area contributed by atoms with Crippen LogP contribution in [0.25, 0.3) is 0 Å². The lowest BCUT2D eigenvalue weighted by molar-refractivity contribution is -0.116. The SMILES string of the molecule is CCCCN(CC(N)=O)c1nc[nH]c(=O)c1N. The highest BCUT2D eigenvalue weighted by atomic mass is 16.1. The number of anilines is 2. The minimum absolute atomic E-state index is 0.000648. The first kappa shape index (κ1) is 13.0. The normalized spacial score (nSPS) is 10.2. The van der Waals surface area contributed by atoms with Crippen LogP contribution in [0.15, 0.2) is 11.1 Å². The lowest BCUT2D eigenvalue weighted by atomic mass is 10.3. The number of H-pyrrole nitrogens is 1. The van der Waals surface area contributed by atoms with Crippen LogP contribution in [0.5, 0.6) is 0 Å². The fourth-order valence-corrected chi connectivity index (χ4v) is 1.45. The third-order valence-electron chi connectivity index (χ3n) is 2.30. The molecule has 7 nitrogen and oxygen atoms in total. The van der Waals surface area contributed by atoms with E-state index in [9.17, 15) is 9.59 Å². The number of aromatic nitrogens is 2. The third kappa shape index (κ3) is 3.47. The molecular formula is C10H17N5O2. The highest BCUT2D eigenvalue weighted by molar-refractivity contribution is 5.80. The molecule has 0 unspecified atom stereocenters. The summed E-state index contributed by atoms with van der Waals surface area (Å²) in [5.74, 6) is -0.177. The molecule has 94 valence electrons. The monoisotopic (exact) mass is 239 g/mol. The predicted octanol–water partition coefficient (Wildman–Crippen LogP) is -0.556. The second kappa shape index (κ2) is 5.88. The van der Waals surface area contributed by atoms with Gasteiger partial charge in [-0.2, -0.15) is 0 Å². The molecule has 0 saturated heterocycles. The van der Waals surface area contributed by atoms with E-state index in [2.05, 4.69) is 9.97 Å². The summed E-state index contributed by atoms with van der Waals surface area (Å²) in [6.07, 6.45) is 3.08. The number of nitrogens with two attached hydrogens (primary N) is 2. The Kier molecular flexibility index (Phi) is 4.50. The molecule has 1 aromatic rings. The lowest BCUT2D eigenvalue weighted by Crippen LogP contribution is -2.36. The average molecular weight is 239 g/mol. The van der Waals surface area contributed by atoms with E-state index < -0.39 is 11.5 Å². The summed E-state index contributed by atoms with van der Waals surface area (Å²) < 4.78 is 0. The number of rotatable bonds is 6. The van der Waals surface area contributed by atoms with Crippen LogP contribution in [-0.2, 0) is 4.79 Å². The average Bonchev–Trinajstić information content (AvgIpc) is 2.28.